The van der Waals surface area contributed by atoms with Crippen LogP contribution in [0.1, 0.15) is 62.9 Å². The van der Waals surface area contributed by atoms with Gasteiger partial charge in [0, 0.05) is 32.5 Å². The topological polar surface area (TPSA) is 106 Å². The van der Waals surface area contributed by atoms with Crippen molar-refractivity contribution in [3.05, 3.63) is 47.0 Å². The van der Waals surface area contributed by atoms with E-state index in [0.717, 1.165) is 4.70 Å². The Morgan fingerprint density at radius 2 is 1.84 bits per heavy atom. The van der Waals surface area contributed by atoms with Gasteiger partial charge in [0.15, 0.2) is 21.3 Å². The first kappa shape index (κ1) is 25.9. The van der Waals surface area contributed by atoms with Crippen LogP contribution in [-0.4, -0.2) is 53.8 Å². The van der Waals surface area contributed by atoms with E-state index in [1.54, 1.807) is 48.5 Å². The first-order valence-corrected chi connectivity index (χ1v) is 15.0. The van der Waals surface area contributed by atoms with Crippen molar-refractivity contribution in [2.24, 2.45) is 5.92 Å². The maximum Gasteiger partial charge on any atom is 0.257 e. The third-order valence-corrected chi connectivity index (χ3v) is 9.38. The number of benzene rings is 2. The van der Waals surface area contributed by atoms with Crippen molar-refractivity contribution in [3.8, 4) is 11.5 Å². The second-order valence-corrected chi connectivity index (χ2v) is 13.7. The monoisotopic (exact) mass is 544 g/mol. The molecule has 0 bridgehead atoms. The lowest BCUT2D eigenvalue weighted by Crippen LogP contribution is -2.47. The molecule has 0 radical (unpaired) electrons. The number of sulfone groups is 1. The molecule has 3 aromatic rings. The van der Waals surface area contributed by atoms with E-state index in [1.807, 2.05) is 6.07 Å². The van der Waals surface area contributed by atoms with Crippen LogP contribution in [0.4, 0.5) is 0 Å². The van der Waals surface area contributed by atoms with Crippen LogP contribution in [0.25, 0.3) is 10.2 Å². The molecule has 0 atom stereocenters. The largest absolute Gasteiger partial charge is 0.449 e. The molecule has 2 aromatic carbocycles. The van der Waals surface area contributed by atoms with Gasteiger partial charge in [-0.15, -0.1) is 11.3 Å². The van der Waals surface area contributed by atoms with E-state index in [9.17, 15) is 18.3 Å². The molecule has 1 saturated heterocycles. The van der Waals surface area contributed by atoms with Crippen LogP contribution in [0, 0.1) is 5.92 Å². The molecule has 1 aromatic heterocycles. The Bertz CT molecular complexity index is 1450. The summed E-state index contributed by atoms with van der Waals surface area (Å²) in [7, 11) is -3.76. The predicted molar refractivity (Wildman–Crippen MR) is 142 cm³/mol. The van der Waals surface area contributed by atoms with Crippen molar-refractivity contribution >= 4 is 37.3 Å². The summed E-state index contributed by atoms with van der Waals surface area (Å²) in [6, 6.07) is 8.37. The molecule has 1 amide bonds. The minimum Gasteiger partial charge on any atom is -0.449 e. The number of hydrogen-bond donors (Lipinski definition) is 1. The summed E-state index contributed by atoms with van der Waals surface area (Å²) < 4.78 is 39.7. The molecule has 3 heterocycles. The minimum atomic E-state index is -3.76. The summed E-state index contributed by atoms with van der Waals surface area (Å²) >= 11 is 1.39. The summed E-state index contributed by atoms with van der Waals surface area (Å²) in [5, 5.41) is 10.9. The number of para-hydroxylation sites is 1. The maximum absolute atomic E-state index is 13.5. The molecular formula is C27H32N2O6S2. The van der Waals surface area contributed by atoms with E-state index in [-0.39, 0.29) is 28.1 Å². The predicted octanol–water partition coefficient (Wildman–Crippen LogP) is 4.79. The van der Waals surface area contributed by atoms with Crippen LogP contribution in [0.15, 0.2) is 40.7 Å². The number of aromatic nitrogens is 1. The van der Waals surface area contributed by atoms with E-state index in [4.69, 9.17) is 9.47 Å². The molecule has 0 saturated carbocycles. The summed E-state index contributed by atoms with van der Waals surface area (Å²) in [6.07, 6.45) is 1.73. The Kier molecular flexibility index (Phi) is 6.49. The van der Waals surface area contributed by atoms with Crippen molar-refractivity contribution in [2.75, 3.05) is 13.1 Å². The number of likely N-dealkylation sites (tertiary alicyclic amines) is 1. The molecule has 0 unspecified atom stereocenters. The molecule has 37 heavy (non-hydrogen) atoms. The van der Waals surface area contributed by atoms with Gasteiger partial charge in [0.1, 0.15) is 0 Å². The highest BCUT2D eigenvalue weighted by Crippen LogP contribution is 2.46. The number of nitrogens with zero attached hydrogens (tertiary/aromatic N) is 2. The van der Waals surface area contributed by atoms with E-state index in [0.29, 0.717) is 54.9 Å². The number of thiazole rings is 1. The summed E-state index contributed by atoms with van der Waals surface area (Å²) in [5.74, 6) is -0.673. The van der Waals surface area contributed by atoms with Gasteiger partial charge in [-0.2, -0.15) is 0 Å². The maximum atomic E-state index is 13.5. The van der Waals surface area contributed by atoms with Crippen molar-refractivity contribution in [2.45, 2.75) is 69.0 Å². The summed E-state index contributed by atoms with van der Waals surface area (Å²) in [6.45, 7) is 8.49. The van der Waals surface area contributed by atoms with Crippen LogP contribution < -0.4 is 9.47 Å². The zero-order chi connectivity index (χ0) is 26.6. The van der Waals surface area contributed by atoms with Gasteiger partial charge >= 0.3 is 0 Å². The lowest BCUT2D eigenvalue weighted by Gasteiger charge is -2.39. The molecule has 10 heteroatoms. The fourth-order valence-electron chi connectivity index (χ4n) is 5.27. The average molecular weight is 545 g/mol. The van der Waals surface area contributed by atoms with Crippen LogP contribution in [-0.2, 0) is 15.6 Å². The zero-order valence-electron chi connectivity index (χ0n) is 21.5. The molecular weight excluding hydrogens is 512 g/mol. The smallest absolute Gasteiger partial charge is 0.257 e. The highest BCUT2D eigenvalue weighted by atomic mass is 32.2. The van der Waals surface area contributed by atoms with Crippen LogP contribution in [0.3, 0.4) is 0 Å². The number of carbonyl (C=O) groups is 1. The standard InChI is InChI=1S/C27H32N2O6S2/c1-17(2)14-27(31)10-12-29(13-11-27)25(30)19-9-8-18(23-24(19)35-26(3,4)34-23)15-37(32,33)21-7-5-6-20-22(21)28-16-36-20/h5-9,16-17,31H,10-15H2,1-4H3. The number of rotatable bonds is 6. The fourth-order valence-corrected chi connectivity index (χ4v) is 7.57. The number of hydrogen-bond acceptors (Lipinski definition) is 8. The molecule has 0 spiro atoms. The van der Waals surface area contributed by atoms with Gasteiger partial charge in [0.2, 0.25) is 5.79 Å². The fraction of sp³-hybridized carbons (Fsp3) is 0.481. The van der Waals surface area contributed by atoms with E-state index in [1.165, 1.54) is 11.3 Å². The second kappa shape index (κ2) is 9.25. The molecule has 1 N–H and O–H groups in total. The van der Waals surface area contributed by atoms with Gasteiger partial charge in [-0.05, 0) is 43.4 Å². The molecule has 5 rings (SSSR count). The molecule has 0 aliphatic carbocycles. The normalized spacial score (nSPS) is 18.5. The highest BCUT2D eigenvalue weighted by Gasteiger charge is 2.40. The van der Waals surface area contributed by atoms with E-state index < -0.39 is 21.2 Å². The Labute approximate surface area is 221 Å². The van der Waals surface area contributed by atoms with Crippen molar-refractivity contribution in [1.82, 2.24) is 9.88 Å². The molecule has 2 aliphatic heterocycles. The number of aliphatic hydroxyl groups is 1. The molecule has 1 fully saturated rings. The minimum absolute atomic E-state index is 0.167. The Balaban J connectivity index is 1.44. The number of fused-ring (bicyclic) bond motifs is 2. The first-order chi connectivity index (χ1) is 17.4. The van der Waals surface area contributed by atoms with Crippen molar-refractivity contribution in [3.63, 3.8) is 0 Å². The van der Waals surface area contributed by atoms with Gasteiger partial charge < -0.3 is 19.5 Å². The van der Waals surface area contributed by atoms with Gasteiger partial charge in [0.05, 0.1) is 37.5 Å². The second-order valence-electron chi connectivity index (χ2n) is 10.9. The summed E-state index contributed by atoms with van der Waals surface area (Å²) in [5.41, 5.74) is 2.08. The third kappa shape index (κ3) is 5.06. The average Bonchev–Trinajstić information content (AvgIpc) is 3.41. The van der Waals surface area contributed by atoms with Crippen LogP contribution in [0.2, 0.25) is 0 Å². The van der Waals surface area contributed by atoms with Gasteiger partial charge in [-0.25, -0.2) is 13.4 Å². The van der Waals surface area contributed by atoms with Crippen molar-refractivity contribution in [1.29, 1.82) is 0 Å². The Hall–Kier alpha value is -2.69. The number of ether oxygens (including phenoxy) is 2. The zero-order valence-corrected chi connectivity index (χ0v) is 23.1. The SMILES string of the molecule is CC(C)CC1(O)CCN(C(=O)c2ccc(CS(=O)(=O)c3cccc4scnc34)c3c2OC(C)(C)O3)CC1. The van der Waals surface area contributed by atoms with Crippen LogP contribution in [0.5, 0.6) is 11.5 Å². The highest BCUT2D eigenvalue weighted by molar-refractivity contribution is 7.90. The number of piperidine rings is 1. The molecule has 8 nitrogen and oxygen atoms in total. The quantitative estimate of drug-likeness (QED) is 0.476. The number of carbonyl (C=O) groups excluding carboxylic acids is 1. The third-order valence-electron chi connectivity index (χ3n) is 6.89. The van der Waals surface area contributed by atoms with E-state index >= 15 is 0 Å². The molecule has 198 valence electrons. The Morgan fingerprint density at radius 1 is 1.14 bits per heavy atom. The van der Waals surface area contributed by atoms with Gasteiger partial charge in [-0.1, -0.05) is 26.0 Å². The van der Waals surface area contributed by atoms with E-state index in [2.05, 4.69) is 18.8 Å². The van der Waals surface area contributed by atoms with Crippen molar-refractivity contribution < 1.29 is 27.8 Å². The number of amides is 1. The summed E-state index contributed by atoms with van der Waals surface area (Å²) in [4.78, 5) is 19.7. The van der Waals surface area contributed by atoms with Gasteiger partial charge in [0.25, 0.3) is 5.91 Å². The molecule has 2 aliphatic rings. The van der Waals surface area contributed by atoms with Gasteiger partial charge in [-0.3, -0.25) is 4.79 Å². The lowest BCUT2D eigenvalue weighted by atomic mass is 9.84. The Morgan fingerprint density at radius 3 is 2.54 bits per heavy atom. The first-order valence-electron chi connectivity index (χ1n) is 12.5. The van der Waals surface area contributed by atoms with Crippen LogP contribution >= 0.6 is 11.3 Å². The lowest BCUT2D eigenvalue weighted by molar-refractivity contribution is -0.0439.